The van der Waals surface area contributed by atoms with Crippen LogP contribution in [0.5, 0.6) is 5.75 Å². The van der Waals surface area contributed by atoms with Crippen molar-refractivity contribution in [2.45, 2.75) is 11.3 Å². The lowest BCUT2D eigenvalue weighted by Gasteiger charge is -2.18. The summed E-state index contributed by atoms with van der Waals surface area (Å²) in [6.07, 6.45) is -0.223. The van der Waals surface area contributed by atoms with Crippen LogP contribution in [0, 0.1) is 0 Å². The second kappa shape index (κ2) is 6.55. The van der Waals surface area contributed by atoms with Crippen LogP contribution in [0.1, 0.15) is 16.8 Å². The number of carbonyl (C=O) groups is 2. The normalized spacial score (nSPS) is 11.0. The van der Waals surface area contributed by atoms with Crippen molar-refractivity contribution in [1.82, 2.24) is 4.90 Å². The molecule has 0 saturated heterocycles. The zero-order valence-corrected chi connectivity index (χ0v) is 12.4. The fourth-order valence-corrected chi connectivity index (χ4v) is 2.14. The second-order valence-electron chi connectivity index (χ2n) is 4.28. The number of methoxy groups -OCH3 is 1. The van der Waals surface area contributed by atoms with E-state index in [2.05, 4.69) is 0 Å². The Kier molecular flexibility index (Phi) is 5.28. The van der Waals surface area contributed by atoms with Crippen LogP contribution in [-0.4, -0.2) is 51.0 Å². The van der Waals surface area contributed by atoms with Crippen molar-refractivity contribution in [2.75, 3.05) is 20.7 Å². The number of aliphatic carboxylic acids is 1. The highest BCUT2D eigenvalue weighted by molar-refractivity contribution is 7.89. The highest BCUT2D eigenvalue weighted by atomic mass is 32.2. The average molecular weight is 316 g/mol. The minimum atomic E-state index is -3.96. The van der Waals surface area contributed by atoms with Crippen molar-refractivity contribution < 1.29 is 27.9 Å². The van der Waals surface area contributed by atoms with Gasteiger partial charge in [0.2, 0.25) is 10.0 Å². The van der Waals surface area contributed by atoms with Crippen LogP contribution in [-0.2, 0) is 14.8 Å². The van der Waals surface area contributed by atoms with Gasteiger partial charge in [-0.05, 0) is 18.2 Å². The molecule has 0 atom stereocenters. The molecule has 9 heteroatoms. The highest BCUT2D eigenvalue weighted by Gasteiger charge is 2.20. The fraction of sp³-hybridized carbons (Fsp3) is 0.333. The van der Waals surface area contributed by atoms with Crippen LogP contribution in [0.2, 0.25) is 0 Å². The first kappa shape index (κ1) is 16.9. The van der Waals surface area contributed by atoms with Gasteiger partial charge in [0.15, 0.2) is 0 Å². The molecule has 1 aromatic carbocycles. The number of amides is 1. The third-order valence-electron chi connectivity index (χ3n) is 2.74. The van der Waals surface area contributed by atoms with E-state index in [4.69, 9.17) is 15.0 Å². The molecule has 1 rings (SSSR count). The molecule has 0 bridgehead atoms. The summed E-state index contributed by atoms with van der Waals surface area (Å²) in [6, 6.07) is 3.65. The van der Waals surface area contributed by atoms with E-state index >= 15 is 0 Å². The van der Waals surface area contributed by atoms with Crippen LogP contribution < -0.4 is 9.88 Å². The summed E-state index contributed by atoms with van der Waals surface area (Å²) in [7, 11) is -1.21. The molecule has 0 aliphatic heterocycles. The number of carboxylic acid groups (broad SMARTS) is 1. The number of hydrogen-bond acceptors (Lipinski definition) is 5. The second-order valence-corrected chi connectivity index (χ2v) is 5.84. The maximum atomic E-state index is 12.2. The Bertz CT molecular complexity index is 656. The lowest BCUT2D eigenvalue weighted by Crippen LogP contribution is -2.29. The maximum absolute atomic E-state index is 12.2. The first-order valence-electron chi connectivity index (χ1n) is 5.85. The van der Waals surface area contributed by atoms with Crippen LogP contribution in [0.15, 0.2) is 23.1 Å². The van der Waals surface area contributed by atoms with Crippen molar-refractivity contribution in [3.05, 3.63) is 23.8 Å². The van der Waals surface area contributed by atoms with E-state index in [-0.39, 0.29) is 29.2 Å². The Morgan fingerprint density at radius 2 is 2.00 bits per heavy atom. The van der Waals surface area contributed by atoms with Gasteiger partial charge in [0.25, 0.3) is 5.91 Å². The molecule has 0 saturated carbocycles. The predicted octanol–water partition coefficient (Wildman–Crippen LogP) is -0.111. The summed E-state index contributed by atoms with van der Waals surface area (Å²) >= 11 is 0. The number of primary sulfonamides is 1. The Morgan fingerprint density at radius 1 is 1.38 bits per heavy atom. The Morgan fingerprint density at radius 3 is 2.48 bits per heavy atom. The average Bonchev–Trinajstić information content (AvgIpc) is 2.42. The number of nitrogens with two attached hydrogens (primary N) is 1. The summed E-state index contributed by atoms with van der Waals surface area (Å²) in [5, 5.41) is 13.6. The lowest BCUT2D eigenvalue weighted by molar-refractivity contribution is -0.137. The van der Waals surface area contributed by atoms with E-state index in [1.807, 2.05) is 0 Å². The molecule has 116 valence electrons. The first-order chi connectivity index (χ1) is 9.66. The number of ether oxygens (including phenoxy) is 1. The third kappa shape index (κ3) is 4.43. The standard InChI is InChI=1S/C12H16N2O6S/c1-14(6-5-11(15)16)12(17)9-7-8(21(13,18)19)3-4-10(9)20-2/h3-4,7H,5-6H2,1-2H3,(H,15,16)(H2,13,18,19). The molecule has 0 aromatic heterocycles. The molecule has 1 amide bonds. The van der Waals surface area contributed by atoms with E-state index in [0.29, 0.717) is 0 Å². The molecule has 3 N–H and O–H groups in total. The van der Waals surface area contributed by atoms with Gasteiger partial charge in [-0.2, -0.15) is 0 Å². The van der Waals surface area contributed by atoms with E-state index in [9.17, 15) is 18.0 Å². The molecular weight excluding hydrogens is 300 g/mol. The number of carboxylic acids is 1. The SMILES string of the molecule is COc1ccc(S(N)(=O)=O)cc1C(=O)N(C)CCC(=O)O. The highest BCUT2D eigenvalue weighted by Crippen LogP contribution is 2.23. The monoisotopic (exact) mass is 316 g/mol. The van der Waals surface area contributed by atoms with Crippen molar-refractivity contribution in [3.63, 3.8) is 0 Å². The molecular formula is C12H16N2O6S. The van der Waals surface area contributed by atoms with Gasteiger partial charge in [-0.3, -0.25) is 9.59 Å². The summed E-state index contributed by atoms with van der Waals surface area (Å²) in [5.74, 6) is -1.42. The van der Waals surface area contributed by atoms with E-state index in [1.165, 1.54) is 31.2 Å². The smallest absolute Gasteiger partial charge is 0.305 e. The minimum Gasteiger partial charge on any atom is -0.496 e. The molecule has 0 heterocycles. The summed E-state index contributed by atoms with van der Waals surface area (Å²) in [5.41, 5.74) is -0.00286. The summed E-state index contributed by atoms with van der Waals surface area (Å²) in [6.45, 7) is -0.0169. The van der Waals surface area contributed by atoms with Crippen LogP contribution >= 0.6 is 0 Å². The molecule has 0 aliphatic carbocycles. The van der Waals surface area contributed by atoms with Crippen LogP contribution in [0.25, 0.3) is 0 Å². The van der Waals surface area contributed by atoms with Gasteiger partial charge in [-0.15, -0.1) is 0 Å². The third-order valence-corrected chi connectivity index (χ3v) is 3.65. The molecule has 0 fully saturated rings. The number of nitrogens with zero attached hydrogens (tertiary/aromatic N) is 1. The number of hydrogen-bond donors (Lipinski definition) is 2. The van der Waals surface area contributed by atoms with Crippen molar-refractivity contribution >= 4 is 21.9 Å². The van der Waals surface area contributed by atoms with E-state index in [1.54, 1.807) is 0 Å². The molecule has 0 unspecified atom stereocenters. The van der Waals surface area contributed by atoms with Gasteiger partial charge in [0.1, 0.15) is 5.75 Å². The molecule has 0 radical (unpaired) electrons. The largest absolute Gasteiger partial charge is 0.496 e. The van der Waals surface area contributed by atoms with Gasteiger partial charge >= 0.3 is 5.97 Å². The Labute approximate surface area is 122 Å². The van der Waals surface area contributed by atoms with Gasteiger partial charge in [-0.25, -0.2) is 13.6 Å². The van der Waals surface area contributed by atoms with E-state index in [0.717, 1.165) is 6.07 Å². The number of carbonyl (C=O) groups excluding carboxylic acids is 1. The fourth-order valence-electron chi connectivity index (χ4n) is 1.60. The maximum Gasteiger partial charge on any atom is 0.305 e. The number of sulfonamides is 1. The van der Waals surface area contributed by atoms with E-state index < -0.39 is 21.9 Å². The Balaban J connectivity index is 3.14. The van der Waals surface area contributed by atoms with Crippen molar-refractivity contribution in [1.29, 1.82) is 0 Å². The molecule has 8 nitrogen and oxygen atoms in total. The van der Waals surface area contributed by atoms with Crippen LogP contribution in [0.3, 0.4) is 0 Å². The predicted molar refractivity (Wildman–Crippen MR) is 73.6 cm³/mol. The number of rotatable bonds is 6. The van der Waals surface area contributed by atoms with Crippen molar-refractivity contribution in [3.8, 4) is 5.75 Å². The lowest BCUT2D eigenvalue weighted by atomic mass is 10.1. The first-order valence-corrected chi connectivity index (χ1v) is 7.39. The van der Waals surface area contributed by atoms with Crippen LogP contribution in [0.4, 0.5) is 0 Å². The quantitative estimate of drug-likeness (QED) is 0.754. The molecule has 21 heavy (non-hydrogen) atoms. The molecule has 0 spiro atoms. The summed E-state index contributed by atoms with van der Waals surface area (Å²) in [4.78, 5) is 23.7. The molecule has 0 aliphatic rings. The topological polar surface area (TPSA) is 127 Å². The zero-order valence-electron chi connectivity index (χ0n) is 11.6. The van der Waals surface area contributed by atoms with Gasteiger partial charge in [0, 0.05) is 13.6 Å². The minimum absolute atomic E-state index is 0.00286. The zero-order chi connectivity index (χ0) is 16.2. The van der Waals surface area contributed by atoms with Crippen molar-refractivity contribution in [2.24, 2.45) is 5.14 Å². The molecule has 1 aromatic rings. The van der Waals surface area contributed by atoms with Gasteiger partial charge in [0.05, 0.1) is 24.0 Å². The Hall–Kier alpha value is -2.13. The van der Waals surface area contributed by atoms with Gasteiger partial charge in [-0.1, -0.05) is 0 Å². The summed E-state index contributed by atoms with van der Waals surface area (Å²) < 4.78 is 27.7. The number of benzene rings is 1. The van der Waals surface area contributed by atoms with Gasteiger partial charge < -0.3 is 14.7 Å².